The fourth-order valence-electron chi connectivity index (χ4n) is 2.63. The molecular formula is C15H26N2O. The maximum Gasteiger partial charge on any atom is 0.0728 e. The summed E-state index contributed by atoms with van der Waals surface area (Å²) in [5, 5.41) is 15.2. The highest BCUT2D eigenvalue weighted by Crippen LogP contribution is 2.54. The lowest BCUT2D eigenvalue weighted by Crippen LogP contribution is -2.37. The first-order valence-corrected chi connectivity index (χ1v) is 7.18. The van der Waals surface area contributed by atoms with Crippen LogP contribution >= 0.6 is 0 Å². The van der Waals surface area contributed by atoms with Crippen LogP contribution in [0.25, 0.3) is 0 Å². The van der Waals surface area contributed by atoms with Crippen LogP contribution in [0, 0.1) is 5.41 Å². The van der Waals surface area contributed by atoms with Crippen LogP contribution in [0.1, 0.15) is 65.1 Å². The molecule has 1 aromatic rings. The predicted octanol–water partition coefficient (Wildman–Crippen LogP) is 3.34. The number of nitrogens with zero attached hydrogens (tertiary/aromatic N) is 2. The summed E-state index contributed by atoms with van der Waals surface area (Å²) in [7, 11) is 0. The first-order valence-electron chi connectivity index (χ1n) is 7.18. The maximum atomic E-state index is 10.6. The van der Waals surface area contributed by atoms with E-state index in [1.54, 1.807) is 0 Å². The first kappa shape index (κ1) is 13.6. The van der Waals surface area contributed by atoms with E-state index in [0.717, 1.165) is 31.4 Å². The zero-order chi connectivity index (χ0) is 13.4. The van der Waals surface area contributed by atoms with E-state index in [1.807, 2.05) is 6.92 Å². The van der Waals surface area contributed by atoms with Crippen LogP contribution in [0.5, 0.6) is 0 Å². The second-order valence-corrected chi connectivity index (χ2v) is 6.27. The molecule has 2 rings (SSSR count). The van der Waals surface area contributed by atoms with Gasteiger partial charge in [-0.25, -0.2) is 0 Å². The summed E-state index contributed by atoms with van der Waals surface area (Å²) >= 11 is 0. The summed E-state index contributed by atoms with van der Waals surface area (Å²) in [6.45, 7) is 8.51. The summed E-state index contributed by atoms with van der Waals surface area (Å²) < 4.78 is 2.06. The zero-order valence-corrected chi connectivity index (χ0v) is 12.1. The molecular weight excluding hydrogens is 224 g/mol. The number of hydrogen-bond donors (Lipinski definition) is 1. The van der Waals surface area contributed by atoms with Crippen LogP contribution in [-0.4, -0.2) is 20.5 Å². The van der Waals surface area contributed by atoms with Crippen molar-refractivity contribution in [1.82, 2.24) is 9.78 Å². The molecule has 0 saturated heterocycles. The molecule has 0 aromatic carbocycles. The van der Waals surface area contributed by atoms with Gasteiger partial charge >= 0.3 is 0 Å². The monoisotopic (exact) mass is 250 g/mol. The lowest BCUT2D eigenvalue weighted by molar-refractivity contribution is -0.00798. The Hall–Kier alpha value is -0.830. The van der Waals surface area contributed by atoms with E-state index in [1.165, 1.54) is 0 Å². The van der Waals surface area contributed by atoms with Crippen LogP contribution < -0.4 is 0 Å². The number of hydrogen-bond acceptors (Lipinski definition) is 2. The first-order chi connectivity index (χ1) is 8.42. The molecule has 102 valence electrons. The average molecular weight is 250 g/mol. The molecule has 0 amide bonds. The second kappa shape index (κ2) is 4.69. The van der Waals surface area contributed by atoms with Crippen molar-refractivity contribution >= 4 is 0 Å². The van der Waals surface area contributed by atoms with E-state index in [4.69, 9.17) is 0 Å². The normalized spacial score (nSPS) is 21.0. The molecule has 1 aromatic heterocycles. The number of rotatable bonds is 6. The standard InChI is InChI=1S/C15H26N2O/c1-5-13(6-2)17-10-7-12(16-17)11-15(4,18)14(3)8-9-14/h7,10,13,18H,5-6,8-9,11H2,1-4H3. The van der Waals surface area contributed by atoms with Gasteiger partial charge in [-0.15, -0.1) is 0 Å². The largest absolute Gasteiger partial charge is 0.389 e. The summed E-state index contributed by atoms with van der Waals surface area (Å²) in [5.74, 6) is 0. The molecule has 1 saturated carbocycles. The topological polar surface area (TPSA) is 38.0 Å². The Balaban J connectivity index is 2.07. The Morgan fingerprint density at radius 1 is 1.44 bits per heavy atom. The smallest absolute Gasteiger partial charge is 0.0728 e. The van der Waals surface area contributed by atoms with E-state index >= 15 is 0 Å². The Kier molecular flexibility index (Phi) is 3.54. The highest BCUT2D eigenvalue weighted by molar-refractivity contribution is 5.11. The van der Waals surface area contributed by atoms with Crippen molar-refractivity contribution in [3.8, 4) is 0 Å². The summed E-state index contributed by atoms with van der Waals surface area (Å²) in [5.41, 5.74) is 0.492. The summed E-state index contributed by atoms with van der Waals surface area (Å²) in [6.07, 6.45) is 7.19. The molecule has 0 aliphatic heterocycles. The van der Waals surface area contributed by atoms with Crippen molar-refractivity contribution in [2.45, 2.75) is 71.4 Å². The molecule has 3 heteroatoms. The maximum absolute atomic E-state index is 10.6. The van der Waals surface area contributed by atoms with Gasteiger partial charge in [0, 0.05) is 12.6 Å². The third-order valence-corrected chi connectivity index (χ3v) is 4.81. The molecule has 0 bridgehead atoms. The summed E-state index contributed by atoms with van der Waals surface area (Å²) in [4.78, 5) is 0. The van der Waals surface area contributed by atoms with Gasteiger partial charge < -0.3 is 5.11 Å². The van der Waals surface area contributed by atoms with Gasteiger partial charge in [0.25, 0.3) is 0 Å². The fourth-order valence-corrected chi connectivity index (χ4v) is 2.63. The molecule has 0 radical (unpaired) electrons. The van der Waals surface area contributed by atoms with E-state index < -0.39 is 5.60 Å². The van der Waals surface area contributed by atoms with E-state index in [-0.39, 0.29) is 5.41 Å². The lowest BCUT2D eigenvalue weighted by Gasteiger charge is -2.29. The van der Waals surface area contributed by atoms with Crippen molar-refractivity contribution in [1.29, 1.82) is 0 Å². The molecule has 1 heterocycles. The second-order valence-electron chi connectivity index (χ2n) is 6.27. The number of aromatic nitrogens is 2. The van der Waals surface area contributed by atoms with Gasteiger partial charge in [0.05, 0.1) is 17.3 Å². The molecule has 0 spiro atoms. The van der Waals surface area contributed by atoms with Gasteiger partial charge in [0.15, 0.2) is 0 Å². The van der Waals surface area contributed by atoms with Gasteiger partial charge in [-0.05, 0) is 44.1 Å². The molecule has 18 heavy (non-hydrogen) atoms. The van der Waals surface area contributed by atoms with Gasteiger partial charge in [-0.2, -0.15) is 5.10 Å². The Bertz CT molecular complexity index is 400. The third-order valence-electron chi connectivity index (χ3n) is 4.81. The minimum atomic E-state index is -0.625. The van der Waals surface area contributed by atoms with Crippen molar-refractivity contribution in [2.24, 2.45) is 5.41 Å². The molecule has 3 nitrogen and oxygen atoms in total. The van der Waals surface area contributed by atoms with Crippen LogP contribution in [0.3, 0.4) is 0 Å². The van der Waals surface area contributed by atoms with E-state index in [2.05, 4.69) is 42.8 Å². The quantitative estimate of drug-likeness (QED) is 0.841. The molecule has 1 aliphatic carbocycles. The third kappa shape index (κ3) is 2.46. The van der Waals surface area contributed by atoms with Crippen LogP contribution in [0.15, 0.2) is 12.3 Å². The van der Waals surface area contributed by atoms with Crippen molar-refractivity contribution in [3.05, 3.63) is 18.0 Å². The van der Waals surface area contributed by atoms with E-state index in [0.29, 0.717) is 12.5 Å². The highest BCUT2D eigenvalue weighted by Gasteiger charge is 2.52. The fraction of sp³-hybridized carbons (Fsp3) is 0.800. The minimum Gasteiger partial charge on any atom is -0.389 e. The Morgan fingerprint density at radius 2 is 2.06 bits per heavy atom. The SMILES string of the molecule is CCC(CC)n1ccc(CC(C)(O)C2(C)CC2)n1. The van der Waals surface area contributed by atoms with Crippen LogP contribution in [0.2, 0.25) is 0 Å². The lowest BCUT2D eigenvalue weighted by atomic mass is 9.84. The van der Waals surface area contributed by atoms with Crippen LogP contribution in [0.4, 0.5) is 0 Å². The zero-order valence-electron chi connectivity index (χ0n) is 12.1. The van der Waals surface area contributed by atoms with Crippen molar-refractivity contribution < 1.29 is 5.11 Å². The predicted molar refractivity (Wildman–Crippen MR) is 73.5 cm³/mol. The van der Waals surface area contributed by atoms with Gasteiger partial charge in [0.2, 0.25) is 0 Å². The highest BCUT2D eigenvalue weighted by atomic mass is 16.3. The van der Waals surface area contributed by atoms with Gasteiger partial charge in [0.1, 0.15) is 0 Å². The van der Waals surface area contributed by atoms with Crippen molar-refractivity contribution in [2.75, 3.05) is 0 Å². The minimum absolute atomic E-state index is 0.103. The average Bonchev–Trinajstić information content (AvgIpc) is 2.92. The molecule has 1 fully saturated rings. The Labute approximate surface area is 110 Å². The molecule has 1 N–H and O–H groups in total. The molecule has 1 unspecified atom stereocenters. The van der Waals surface area contributed by atoms with E-state index in [9.17, 15) is 5.11 Å². The Morgan fingerprint density at radius 3 is 2.56 bits per heavy atom. The van der Waals surface area contributed by atoms with Crippen LogP contribution in [-0.2, 0) is 6.42 Å². The molecule has 1 atom stereocenters. The summed E-state index contributed by atoms with van der Waals surface area (Å²) in [6, 6.07) is 2.54. The van der Waals surface area contributed by atoms with Gasteiger partial charge in [-0.3, -0.25) is 4.68 Å². The molecule has 1 aliphatic rings. The van der Waals surface area contributed by atoms with Gasteiger partial charge in [-0.1, -0.05) is 20.8 Å². The number of aliphatic hydroxyl groups is 1. The van der Waals surface area contributed by atoms with Crippen molar-refractivity contribution in [3.63, 3.8) is 0 Å².